The van der Waals surface area contributed by atoms with E-state index in [2.05, 4.69) is 189 Å². The zero-order valence-electron chi connectivity index (χ0n) is 28.0. The Balaban J connectivity index is 1.37. The molecule has 238 valence electrons. The summed E-state index contributed by atoms with van der Waals surface area (Å²) in [6.45, 7) is 6.03. The predicted molar refractivity (Wildman–Crippen MR) is 219 cm³/mol. The summed E-state index contributed by atoms with van der Waals surface area (Å²) < 4.78 is 2.58. The van der Waals surface area contributed by atoms with E-state index in [0.717, 1.165) is 0 Å². The Morgan fingerprint density at radius 2 is 0.940 bits per heavy atom. The number of thiophene rings is 1. The number of benzene rings is 7. The first-order chi connectivity index (χ1) is 24.7. The van der Waals surface area contributed by atoms with Gasteiger partial charge in [0.1, 0.15) is 0 Å². The number of hydrogen-bond acceptors (Lipinski definition) is 1. The molecule has 0 saturated heterocycles. The van der Waals surface area contributed by atoms with Crippen LogP contribution >= 0.6 is 11.3 Å². The molecule has 1 aromatic heterocycles. The van der Waals surface area contributed by atoms with Crippen molar-refractivity contribution in [3.8, 4) is 55.6 Å². The number of rotatable bonds is 8. The Morgan fingerprint density at radius 1 is 0.480 bits per heavy atom. The SMILES string of the molecule is C=C/C=C\C(=C/C)c1cccc(-c2ccccc2)c1-c1ccc2sc3ccc(-c4c(-c5ccccc5)cccc4-c4ccccc4)cc3c2c1. The van der Waals surface area contributed by atoms with E-state index in [9.17, 15) is 0 Å². The molecular weight excluding hydrogens is 621 g/mol. The third-order valence-electron chi connectivity index (χ3n) is 9.46. The highest BCUT2D eigenvalue weighted by Crippen LogP contribution is 2.45. The normalized spacial score (nSPS) is 11.8. The van der Waals surface area contributed by atoms with Crippen LogP contribution in [-0.2, 0) is 0 Å². The molecule has 0 spiro atoms. The van der Waals surface area contributed by atoms with E-state index in [1.165, 1.54) is 86.9 Å². The van der Waals surface area contributed by atoms with Crippen molar-refractivity contribution in [2.45, 2.75) is 6.92 Å². The molecule has 0 aliphatic carbocycles. The van der Waals surface area contributed by atoms with Crippen molar-refractivity contribution < 1.29 is 0 Å². The van der Waals surface area contributed by atoms with Gasteiger partial charge in [-0.1, -0.05) is 170 Å². The zero-order chi connectivity index (χ0) is 33.9. The molecule has 0 bridgehead atoms. The quantitative estimate of drug-likeness (QED) is 0.143. The number of allylic oxidation sites excluding steroid dienone is 5. The molecular formula is C49H36S. The van der Waals surface area contributed by atoms with E-state index < -0.39 is 0 Å². The summed E-state index contributed by atoms with van der Waals surface area (Å²) in [5, 5.41) is 2.56. The summed E-state index contributed by atoms with van der Waals surface area (Å²) in [5.74, 6) is 0. The average molecular weight is 657 g/mol. The Hall–Kier alpha value is -6.02. The standard InChI is InChI=1S/C49H36S/c1-3-5-17-34(4-2)40-24-15-25-41(35-18-9-6-10-19-35)48(40)38-28-30-46-44(32-38)45-33-39(29-31-47(45)50-46)49-42(36-20-11-7-12-21-36)26-16-27-43(49)37-22-13-8-14-23-37/h3-33H,1H2,2H3/b17-5-,34-4+. The largest absolute Gasteiger partial charge is 0.135 e. The van der Waals surface area contributed by atoms with E-state index in [-0.39, 0.29) is 0 Å². The average Bonchev–Trinajstić information content (AvgIpc) is 3.56. The second-order valence-corrected chi connectivity index (χ2v) is 13.5. The van der Waals surface area contributed by atoms with Crippen molar-refractivity contribution in [1.29, 1.82) is 0 Å². The third kappa shape index (κ3) is 5.83. The van der Waals surface area contributed by atoms with Gasteiger partial charge in [0.25, 0.3) is 0 Å². The van der Waals surface area contributed by atoms with Gasteiger partial charge in [-0.3, -0.25) is 0 Å². The predicted octanol–water partition coefficient (Wildman–Crippen LogP) is 14.5. The highest BCUT2D eigenvalue weighted by Gasteiger charge is 2.18. The fourth-order valence-electron chi connectivity index (χ4n) is 7.14. The summed E-state index contributed by atoms with van der Waals surface area (Å²) in [4.78, 5) is 0. The molecule has 0 saturated carbocycles. The topological polar surface area (TPSA) is 0 Å². The highest BCUT2D eigenvalue weighted by molar-refractivity contribution is 7.25. The molecule has 8 aromatic rings. The van der Waals surface area contributed by atoms with Gasteiger partial charge in [-0.15, -0.1) is 11.3 Å². The summed E-state index contributed by atoms with van der Waals surface area (Å²) in [6, 6.07) is 59.7. The lowest BCUT2D eigenvalue weighted by Gasteiger charge is -2.17. The summed E-state index contributed by atoms with van der Waals surface area (Å²) >= 11 is 1.86. The fraction of sp³-hybridized carbons (Fsp3) is 0.0204. The molecule has 0 fully saturated rings. The van der Waals surface area contributed by atoms with Crippen LogP contribution in [0.3, 0.4) is 0 Å². The summed E-state index contributed by atoms with van der Waals surface area (Å²) in [5.41, 5.74) is 14.6. The molecule has 0 N–H and O–H groups in total. The van der Waals surface area contributed by atoms with Gasteiger partial charge in [0.2, 0.25) is 0 Å². The van der Waals surface area contributed by atoms with Gasteiger partial charge in [-0.05, 0) is 98.0 Å². The van der Waals surface area contributed by atoms with E-state index in [0.29, 0.717) is 0 Å². The minimum atomic E-state index is 1.17. The van der Waals surface area contributed by atoms with Crippen molar-refractivity contribution in [3.05, 3.63) is 200 Å². The maximum Gasteiger partial charge on any atom is 0.0355 e. The highest BCUT2D eigenvalue weighted by atomic mass is 32.1. The molecule has 8 rings (SSSR count). The van der Waals surface area contributed by atoms with Crippen LogP contribution in [0.15, 0.2) is 195 Å². The smallest absolute Gasteiger partial charge is 0.0355 e. The lowest BCUT2D eigenvalue weighted by Crippen LogP contribution is -1.93. The van der Waals surface area contributed by atoms with Crippen LogP contribution in [-0.4, -0.2) is 0 Å². The number of fused-ring (bicyclic) bond motifs is 3. The Kier molecular flexibility index (Phi) is 8.65. The second-order valence-electron chi connectivity index (χ2n) is 12.4. The van der Waals surface area contributed by atoms with Gasteiger partial charge < -0.3 is 0 Å². The van der Waals surface area contributed by atoms with Crippen molar-refractivity contribution in [1.82, 2.24) is 0 Å². The van der Waals surface area contributed by atoms with Gasteiger partial charge >= 0.3 is 0 Å². The molecule has 0 nitrogen and oxygen atoms in total. The van der Waals surface area contributed by atoms with Crippen molar-refractivity contribution in [2.75, 3.05) is 0 Å². The fourth-order valence-corrected chi connectivity index (χ4v) is 8.21. The van der Waals surface area contributed by atoms with Crippen LogP contribution in [0.4, 0.5) is 0 Å². The monoisotopic (exact) mass is 656 g/mol. The van der Waals surface area contributed by atoms with Gasteiger partial charge in [-0.25, -0.2) is 0 Å². The molecule has 0 aliphatic rings. The van der Waals surface area contributed by atoms with Crippen molar-refractivity contribution in [3.63, 3.8) is 0 Å². The molecule has 0 unspecified atom stereocenters. The van der Waals surface area contributed by atoms with Gasteiger partial charge in [0.15, 0.2) is 0 Å². The maximum absolute atomic E-state index is 3.92. The van der Waals surface area contributed by atoms with Crippen molar-refractivity contribution in [2.24, 2.45) is 0 Å². The van der Waals surface area contributed by atoms with Gasteiger partial charge in [0.05, 0.1) is 0 Å². The van der Waals surface area contributed by atoms with E-state index in [1.54, 1.807) is 0 Å². The van der Waals surface area contributed by atoms with Crippen LogP contribution < -0.4 is 0 Å². The molecule has 0 atom stereocenters. The van der Waals surface area contributed by atoms with E-state index >= 15 is 0 Å². The van der Waals surface area contributed by atoms with Gasteiger partial charge in [-0.2, -0.15) is 0 Å². The van der Waals surface area contributed by atoms with Crippen molar-refractivity contribution >= 4 is 37.1 Å². The molecule has 0 amide bonds. The van der Waals surface area contributed by atoms with E-state index in [1.807, 2.05) is 23.5 Å². The first-order valence-corrected chi connectivity index (χ1v) is 17.9. The summed E-state index contributed by atoms with van der Waals surface area (Å²) in [6.07, 6.45) is 8.19. The van der Waals surface area contributed by atoms with Crippen LogP contribution in [0.25, 0.3) is 81.4 Å². The lowest BCUT2D eigenvalue weighted by molar-refractivity contribution is 1.54. The lowest BCUT2D eigenvalue weighted by atomic mass is 9.86. The molecule has 50 heavy (non-hydrogen) atoms. The minimum absolute atomic E-state index is 1.17. The molecule has 1 heterocycles. The van der Waals surface area contributed by atoms with E-state index in [4.69, 9.17) is 0 Å². The third-order valence-corrected chi connectivity index (χ3v) is 10.6. The van der Waals surface area contributed by atoms with Crippen LogP contribution in [0, 0.1) is 0 Å². The Bertz CT molecular complexity index is 2470. The second kappa shape index (κ2) is 13.8. The molecule has 7 aromatic carbocycles. The van der Waals surface area contributed by atoms with Gasteiger partial charge in [0, 0.05) is 20.2 Å². The summed E-state index contributed by atoms with van der Waals surface area (Å²) in [7, 11) is 0. The number of hydrogen-bond donors (Lipinski definition) is 0. The first kappa shape index (κ1) is 31.3. The first-order valence-electron chi connectivity index (χ1n) is 17.1. The maximum atomic E-state index is 3.92. The molecule has 0 aliphatic heterocycles. The van der Waals surface area contributed by atoms with Crippen LogP contribution in [0.2, 0.25) is 0 Å². The Morgan fingerprint density at radius 3 is 1.42 bits per heavy atom. The molecule has 1 heteroatoms. The zero-order valence-corrected chi connectivity index (χ0v) is 28.8. The van der Waals surface area contributed by atoms with Crippen LogP contribution in [0.5, 0.6) is 0 Å². The van der Waals surface area contributed by atoms with Crippen LogP contribution in [0.1, 0.15) is 12.5 Å². The minimum Gasteiger partial charge on any atom is -0.135 e. The Labute approximate surface area is 298 Å². The molecule has 0 radical (unpaired) electrons.